The zero-order valence-corrected chi connectivity index (χ0v) is 10.3. The van der Waals surface area contributed by atoms with Crippen LogP contribution >= 0.6 is 0 Å². The molecule has 0 saturated carbocycles. The van der Waals surface area contributed by atoms with Crippen LogP contribution in [0.5, 0.6) is 0 Å². The highest BCUT2D eigenvalue weighted by Gasteiger charge is 2.22. The molecule has 4 heteroatoms. The van der Waals surface area contributed by atoms with E-state index in [4.69, 9.17) is 5.11 Å². The normalized spacial score (nSPS) is 14.1. The summed E-state index contributed by atoms with van der Waals surface area (Å²) in [6.45, 7) is 0. The Hall–Kier alpha value is -2.36. The molecule has 3 rings (SSSR count). The van der Waals surface area contributed by atoms with Gasteiger partial charge >= 0.3 is 5.97 Å². The predicted octanol–water partition coefficient (Wildman–Crippen LogP) is 2.36. The molecule has 0 unspecified atom stereocenters. The van der Waals surface area contributed by atoms with Gasteiger partial charge in [-0.1, -0.05) is 24.3 Å². The van der Waals surface area contributed by atoms with Gasteiger partial charge in [0, 0.05) is 12.2 Å². The average molecular weight is 254 g/mol. The molecule has 0 saturated heterocycles. The molecule has 0 spiro atoms. The van der Waals surface area contributed by atoms with Gasteiger partial charge in [0.25, 0.3) is 0 Å². The number of carbonyl (C=O) groups is 1. The third kappa shape index (κ3) is 2.29. The molecule has 0 amide bonds. The van der Waals surface area contributed by atoms with Crippen LogP contribution in [-0.2, 0) is 12.8 Å². The largest absolute Gasteiger partial charge is 0.476 e. The maximum absolute atomic E-state index is 11.1. The Bertz CT molecular complexity index is 600. The lowest BCUT2D eigenvalue weighted by atomic mass is 10.1. The minimum absolute atomic E-state index is 0.0819. The van der Waals surface area contributed by atoms with Crippen LogP contribution in [0.3, 0.4) is 0 Å². The summed E-state index contributed by atoms with van der Waals surface area (Å²) in [5.74, 6) is -1.00. The molecule has 1 aromatic carbocycles. The van der Waals surface area contributed by atoms with Crippen molar-refractivity contribution in [2.45, 2.75) is 18.9 Å². The third-order valence-corrected chi connectivity index (χ3v) is 3.42. The van der Waals surface area contributed by atoms with E-state index in [1.54, 1.807) is 12.1 Å². The van der Waals surface area contributed by atoms with Crippen molar-refractivity contribution in [1.82, 2.24) is 4.98 Å². The number of hydrogen-bond acceptors (Lipinski definition) is 3. The summed E-state index contributed by atoms with van der Waals surface area (Å²) in [6, 6.07) is 12.1. The van der Waals surface area contributed by atoms with E-state index >= 15 is 0 Å². The van der Waals surface area contributed by atoms with E-state index in [-0.39, 0.29) is 11.7 Å². The second-order valence-corrected chi connectivity index (χ2v) is 4.72. The maximum Gasteiger partial charge on any atom is 0.356 e. The lowest BCUT2D eigenvalue weighted by Crippen LogP contribution is -2.21. The minimum Gasteiger partial charge on any atom is -0.476 e. The van der Waals surface area contributed by atoms with Gasteiger partial charge in [0.15, 0.2) is 5.69 Å². The van der Waals surface area contributed by atoms with Crippen molar-refractivity contribution in [3.8, 4) is 0 Å². The van der Waals surface area contributed by atoms with Crippen molar-refractivity contribution < 1.29 is 9.90 Å². The van der Waals surface area contributed by atoms with Gasteiger partial charge in [0.05, 0.1) is 5.69 Å². The van der Waals surface area contributed by atoms with Crippen molar-refractivity contribution in [3.63, 3.8) is 0 Å². The zero-order chi connectivity index (χ0) is 13.2. The van der Waals surface area contributed by atoms with Crippen molar-refractivity contribution >= 4 is 11.7 Å². The number of rotatable bonds is 3. The van der Waals surface area contributed by atoms with Crippen LogP contribution in [0.15, 0.2) is 42.6 Å². The Labute approximate surface area is 111 Å². The second-order valence-electron chi connectivity index (χ2n) is 4.72. The number of anilines is 1. The molecule has 0 aliphatic heterocycles. The van der Waals surface area contributed by atoms with Gasteiger partial charge in [-0.15, -0.1) is 0 Å². The molecule has 96 valence electrons. The van der Waals surface area contributed by atoms with Gasteiger partial charge in [-0.05, 0) is 36.1 Å². The Morgan fingerprint density at radius 3 is 2.47 bits per heavy atom. The lowest BCUT2D eigenvalue weighted by Gasteiger charge is -2.14. The Balaban J connectivity index is 1.80. The number of aromatic nitrogens is 1. The van der Waals surface area contributed by atoms with E-state index in [0.29, 0.717) is 5.69 Å². The summed E-state index contributed by atoms with van der Waals surface area (Å²) in [5.41, 5.74) is 3.34. The second kappa shape index (κ2) is 4.72. The Morgan fingerprint density at radius 1 is 1.16 bits per heavy atom. The van der Waals surface area contributed by atoms with E-state index < -0.39 is 5.97 Å². The van der Waals surface area contributed by atoms with Crippen LogP contribution in [-0.4, -0.2) is 22.1 Å². The first-order valence-electron chi connectivity index (χ1n) is 6.25. The molecule has 2 N–H and O–H groups in total. The standard InChI is InChI=1S/C15H14N2O2/c18-15(19)14-13(6-3-7-16-14)17-12-8-10-4-1-2-5-11(10)9-12/h1-7,12,17H,8-9H2,(H,18,19). The first-order valence-corrected chi connectivity index (χ1v) is 6.25. The number of fused-ring (bicyclic) bond motifs is 1. The van der Waals surface area contributed by atoms with Crippen molar-refractivity contribution in [2.75, 3.05) is 5.32 Å². The van der Waals surface area contributed by atoms with Crippen LogP contribution in [0.25, 0.3) is 0 Å². The number of carboxylic acid groups (broad SMARTS) is 1. The molecule has 0 fully saturated rings. The Morgan fingerprint density at radius 2 is 1.84 bits per heavy atom. The zero-order valence-electron chi connectivity index (χ0n) is 10.3. The van der Waals surface area contributed by atoms with E-state index in [1.807, 2.05) is 12.1 Å². The summed E-state index contributed by atoms with van der Waals surface area (Å²) in [7, 11) is 0. The highest BCUT2D eigenvalue weighted by Crippen LogP contribution is 2.25. The molecule has 1 aliphatic rings. The number of pyridine rings is 1. The molecule has 19 heavy (non-hydrogen) atoms. The van der Waals surface area contributed by atoms with Crippen molar-refractivity contribution in [2.24, 2.45) is 0 Å². The number of nitrogens with zero attached hydrogens (tertiary/aromatic N) is 1. The van der Waals surface area contributed by atoms with E-state index in [0.717, 1.165) is 12.8 Å². The summed E-state index contributed by atoms with van der Waals surface area (Å²) < 4.78 is 0. The first-order chi connectivity index (χ1) is 9.24. The van der Waals surface area contributed by atoms with Gasteiger partial charge in [-0.2, -0.15) is 0 Å². The number of hydrogen-bond donors (Lipinski definition) is 2. The Kier molecular flexibility index (Phi) is 2.91. The summed E-state index contributed by atoms with van der Waals surface area (Å²) in [5, 5.41) is 12.4. The fourth-order valence-electron chi connectivity index (χ4n) is 2.57. The summed E-state index contributed by atoms with van der Waals surface area (Å²) in [6.07, 6.45) is 3.34. The molecular formula is C15H14N2O2. The monoisotopic (exact) mass is 254 g/mol. The van der Waals surface area contributed by atoms with Crippen LogP contribution in [0.4, 0.5) is 5.69 Å². The highest BCUT2D eigenvalue weighted by molar-refractivity contribution is 5.91. The molecule has 0 atom stereocenters. The summed E-state index contributed by atoms with van der Waals surface area (Å²) in [4.78, 5) is 15.0. The van der Waals surface area contributed by atoms with Crippen LogP contribution in [0, 0.1) is 0 Å². The fraction of sp³-hybridized carbons (Fsp3) is 0.200. The maximum atomic E-state index is 11.1. The molecule has 1 aliphatic carbocycles. The lowest BCUT2D eigenvalue weighted by molar-refractivity contribution is 0.0691. The number of benzene rings is 1. The van der Waals surface area contributed by atoms with Gasteiger partial charge in [0.1, 0.15) is 0 Å². The molecule has 0 bridgehead atoms. The van der Waals surface area contributed by atoms with E-state index in [9.17, 15) is 4.79 Å². The van der Waals surface area contributed by atoms with Crippen molar-refractivity contribution in [1.29, 1.82) is 0 Å². The smallest absolute Gasteiger partial charge is 0.356 e. The molecular weight excluding hydrogens is 240 g/mol. The number of aromatic carboxylic acids is 1. The fourth-order valence-corrected chi connectivity index (χ4v) is 2.57. The summed E-state index contributed by atoms with van der Waals surface area (Å²) >= 11 is 0. The van der Waals surface area contributed by atoms with Gasteiger partial charge in [-0.3, -0.25) is 0 Å². The van der Waals surface area contributed by atoms with E-state index in [1.165, 1.54) is 17.3 Å². The SMILES string of the molecule is O=C(O)c1ncccc1NC1Cc2ccccc2C1. The predicted molar refractivity (Wildman–Crippen MR) is 72.5 cm³/mol. The molecule has 4 nitrogen and oxygen atoms in total. The molecule has 1 aromatic heterocycles. The quantitative estimate of drug-likeness (QED) is 0.882. The van der Waals surface area contributed by atoms with Crippen molar-refractivity contribution in [3.05, 3.63) is 59.4 Å². The minimum atomic E-state index is -1.00. The van der Waals surface area contributed by atoms with Crippen LogP contribution in [0.1, 0.15) is 21.6 Å². The first kappa shape index (κ1) is 11.7. The molecule has 0 radical (unpaired) electrons. The third-order valence-electron chi connectivity index (χ3n) is 3.42. The molecule has 1 heterocycles. The topological polar surface area (TPSA) is 62.2 Å². The van der Waals surface area contributed by atoms with Crippen LogP contribution in [0.2, 0.25) is 0 Å². The average Bonchev–Trinajstić information content (AvgIpc) is 2.81. The van der Waals surface area contributed by atoms with Crippen LogP contribution < -0.4 is 5.32 Å². The van der Waals surface area contributed by atoms with Gasteiger partial charge in [-0.25, -0.2) is 9.78 Å². The van der Waals surface area contributed by atoms with Gasteiger partial charge < -0.3 is 10.4 Å². The number of carboxylic acids is 1. The van der Waals surface area contributed by atoms with E-state index in [2.05, 4.69) is 22.4 Å². The van der Waals surface area contributed by atoms with Gasteiger partial charge in [0.2, 0.25) is 0 Å². The molecule has 2 aromatic rings. The number of nitrogens with one attached hydrogen (secondary N) is 1. The highest BCUT2D eigenvalue weighted by atomic mass is 16.4.